The van der Waals surface area contributed by atoms with Gasteiger partial charge in [0.25, 0.3) is 0 Å². The fourth-order valence-corrected chi connectivity index (χ4v) is 2.60. The molecule has 1 aromatic heterocycles. The molecule has 0 bridgehead atoms. The highest BCUT2D eigenvalue weighted by molar-refractivity contribution is 6.02. The van der Waals surface area contributed by atoms with Gasteiger partial charge in [-0.2, -0.15) is 0 Å². The molecule has 0 saturated carbocycles. The summed E-state index contributed by atoms with van der Waals surface area (Å²) in [4.78, 5) is 3.80. The Hall–Kier alpha value is -2.43. The van der Waals surface area contributed by atoms with Crippen LogP contribution in [0.1, 0.15) is 29.5 Å². The molecule has 0 spiro atoms. The van der Waals surface area contributed by atoms with E-state index in [4.69, 9.17) is 9.94 Å². The number of fused-ring (bicyclic) bond motifs is 1. The first-order chi connectivity index (χ1) is 10.3. The Morgan fingerprint density at radius 2 is 2.19 bits per heavy atom. The highest BCUT2D eigenvalue weighted by Gasteiger charge is 2.19. The number of hydrogen-bond donors (Lipinski definition) is 1. The standard InChI is InChI=1S/C16H15FN2O2/c17-12-7-11(8-18-9-12)10-21-16-6-2-3-13-14(16)4-1-5-15(13)19-20/h2-3,6-9,20H,1,4-5,10H2/b19-15-. The van der Waals surface area contributed by atoms with Crippen LogP contribution in [0.3, 0.4) is 0 Å². The first-order valence-corrected chi connectivity index (χ1v) is 6.83. The summed E-state index contributed by atoms with van der Waals surface area (Å²) in [6.45, 7) is 0.257. The van der Waals surface area contributed by atoms with Crippen LogP contribution >= 0.6 is 0 Å². The number of halogens is 1. The van der Waals surface area contributed by atoms with Gasteiger partial charge in [-0.15, -0.1) is 0 Å². The Kier molecular flexibility index (Phi) is 3.81. The molecular formula is C16H15FN2O2. The molecule has 21 heavy (non-hydrogen) atoms. The van der Waals surface area contributed by atoms with Crippen LogP contribution < -0.4 is 4.74 Å². The van der Waals surface area contributed by atoms with E-state index in [2.05, 4.69) is 10.1 Å². The van der Waals surface area contributed by atoms with Crippen molar-refractivity contribution in [2.45, 2.75) is 25.9 Å². The molecular weight excluding hydrogens is 271 g/mol. The minimum atomic E-state index is -0.374. The molecule has 4 nitrogen and oxygen atoms in total. The topological polar surface area (TPSA) is 54.7 Å². The molecule has 3 rings (SSSR count). The number of nitrogens with zero attached hydrogens (tertiary/aromatic N) is 2. The van der Waals surface area contributed by atoms with E-state index < -0.39 is 0 Å². The van der Waals surface area contributed by atoms with Crippen LogP contribution in [0.5, 0.6) is 5.75 Å². The van der Waals surface area contributed by atoms with Gasteiger partial charge in [0.05, 0.1) is 11.9 Å². The first kappa shape index (κ1) is 13.5. The fraction of sp³-hybridized carbons (Fsp3) is 0.250. The first-order valence-electron chi connectivity index (χ1n) is 6.83. The predicted molar refractivity (Wildman–Crippen MR) is 76.2 cm³/mol. The van der Waals surface area contributed by atoms with E-state index in [-0.39, 0.29) is 12.4 Å². The van der Waals surface area contributed by atoms with E-state index in [1.165, 1.54) is 6.07 Å². The Morgan fingerprint density at radius 3 is 3.00 bits per heavy atom. The summed E-state index contributed by atoms with van der Waals surface area (Å²) in [5, 5.41) is 12.4. The highest BCUT2D eigenvalue weighted by atomic mass is 19.1. The highest BCUT2D eigenvalue weighted by Crippen LogP contribution is 2.30. The number of oxime groups is 1. The van der Waals surface area contributed by atoms with E-state index >= 15 is 0 Å². The average molecular weight is 286 g/mol. The van der Waals surface area contributed by atoms with Gasteiger partial charge in [0.2, 0.25) is 0 Å². The second-order valence-corrected chi connectivity index (χ2v) is 4.98. The molecule has 1 N–H and O–H groups in total. The third kappa shape index (κ3) is 2.86. The van der Waals surface area contributed by atoms with Crippen molar-refractivity contribution in [1.29, 1.82) is 0 Å². The van der Waals surface area contributed by atoms with Crippen LogP contribution in [0.15, 0.2) is 41.8 Å². The minimum absolute atomic E-state index is 0.257. The van der Waals surface area contributed by atoms with Gasteiger partial charge >= 0.3 is 0 Å². The molecule has 2 aromatic rings. The number of aromatic nitrogens is 1. The predicted octanol–water partition coefficient (Wildman–Crippen LogP) is 3.31. The van der Waals surface area contributed by atoms with Crippen LogP contribution in [0.2, 0.25) is 0 Å². The van der Waals surface area contributed by atoms with Crippen LogP contribution in [0, 0.1) is 5.82 Å². The minimum Gasteiger partial charge on any atom is -0.489 e. The summed E-state index contributed by atoms with van der Waals surface area (Å²) in [6, 6.07) is 7.09. The molecule has 0 fully saturated rings. The molecule has 0 unspecified atom stereocenters. The Morgan fingerprint density at radius 1 is 1.29 bits per heavy atom. The van der Waals surface area contributed by atoms with E-state index in [0.29, 0.717) is 11.3 Å². The van der Waals surface area contributed by atoms with Gasteiger partial charge < -0.3 is 9.94 Å². The maximum Gasteiger partial charge on any atom is 0.141 e. The van der Waals surface area contributed by atoms with Gasteiger partial charge in [-0.25, -0.2) is 4.39 Å². The molecule has 5 heteroatoms. The zero-order valence-electron chi connectivity index (χ0n) is 11.4. The number of rotatable bonds is 3. The van der Waals surface area contributed by atoms with Crippen LogP contribution in [-0.4, -0.2) is 15.9 Å². The van der Waals surface area contributed by atoms with Crippen LogP contribution in [0.25, 0.3) is 0 Å². The van der Waals surface area contributed by atoms with Gasteiger partial charge in [-0.3, -0.25) is 4.98 Å². The zero-order chi connectivity index (χ0) is 14.7. The zero-order valence-corrected chi connectivity index (χ0v) is 11.4. The maximum absolute atomic E-state index is 13.1. The van der Waals surface area contributed by atoms with Gasteiger partial charge in [-0.1, -0.05) is 17.3 Å². The fourth-order valence-electron chi connectivity index (χ4n) is 2.60. The average Bonchev–Trinajstić information content (AvgIpc) is 2.52. The summed E-state index contributed by atoms with van der Waals surface area (Å²) in [7, 11) is 0. The lowest BCUT2D eigenvalue weighted by molar-refractivity contribution is 0.300. The summed E-state index contributed by atoms with van der Waals surface area (Å²) < 4.78 is 18.9. The lowest BCUT2D eigenvalue weighted by Crippen LogP contribution is -2.13. The van der Waals surface area contributed by atoms with Gasteiger partial charge in [-0.05, 0) is 31.4 Å². The summed E-state index contributed by atoms with van der Waals surface area (Å²) in [5.74, 6) is 0.374. The number of ether oxygens (including phenoxy) is 1. The van der Waals surface area contributed by atoms with Crippen molar-refractivity contribution < 1.29 is 14.3 Å². The van der Waals surface area contributed by atoms with Crippen molar-refractivity contribution in [2.75, 3.05) is 0 Å². The lowest BCUT2D eigenvalue weighted by Gasteiger charge is -2.20. The monoisotopic (exact) mass is 286 g/mol. The quantitative estimate of drug-likeness (QED) is 0.695. The summed E-state index contributed by atoms with van der Waals surface area (Å²) >= 11 is 0. The molecule has 0 atom stereocenters. The maximum atomic E-state index is 13.1. The molecule has 1 heterocycles. The molecule has 0 amide bonds. The van der Waals surface area contributed by atoms with Crippen molar-refractivity contribution in [1.82, 2.24) is 4.98 Å². The van der Waals surface area contributed by atoms with Crippen molar-refractivity contribution in [3.63, 3.8) is 0 Å². The van der Waals surface area contributed by atoms with E-state index in [1.54, 1.807) is 6.20 Å². The second kappa shape index (κ2) is 5.91. The largest absolute Gasteiger partial charge is 0.489 e. The van der Waals surface area contributed by atoms with Crippen molar-refractivity contribution >= 4 is 5.71 Å². The van der Waals surface area contributed by atoms with Crippen molar-refractivity contribution in [3.05, 3.63) is 59.2 Å². The van der Waals surface area contributed by atoms with Crippen molar-refractivity contribution in [3.8, 4) is 5.75 Å². The van der Waals surface area contributed by atoms with Crippen LogP contribution in [0.4, 0.5) is 4.39 Å². The second-order valence-electron chi connectivity index (χ2n) is 4.98. The van der Waals surface area contributed by atoms with Gasteiger partial charge in [0, 0.05) is 22.9 Å². The number of pyridine rings is 1. The normalized spacial score (nSPS) is 15.8. The van der Waals surface area contributed by atoms with E-state index in [0.717, 1.165) is 42.3 Å². The lowest BCUT2D eigenvalue weighted by atomic mass is 9.89. The number of hydrogen-bond acceptors (Lipinski definition) is 4. The third-order valence-corrected chi connectivity index (χ3v) is 3.56. The SMILES string of the molecule is O/N=C1/CCCc2c(OCc3cncc(F)c3)cccc21. The van der Waals surface area contributed by atoms with Crippen molar-refractivity contribution in [2.24, 2.45) is 5.16 Å². The summed E-state index contributed by atoms with van der Waals surface area (Å²) in [5.41, 5.74) is 3.34. The third-order valence-electron chi connectivity index (χ3n) is 3.56. The molecule has 1 aromatic carbocycles. The van der Waals surface area contributed by atoms with Gasteiger partial charge in [0.1, 0.15) is 18.2 Å². The molecule has 108 valence electrons. The molecule has 0 aliphatic heterocycles. The molecule has 1 aliphatic carbocycles. The number of benzene rings is 1. The van der Waals surface area contributed by atoms with E-state index in [1.807, 2.05) is 18.2 Å². The smallest absolute Gasteiger partial charge is 0.141 e. The molecule has 0 radical (unpaired) electrons. The Balaban J connectivity index is 1.83. The Bertz CT molecular complexity index is 686. The van der Waals surface area contributed by atoms with E-state index in [9.17, 15) is 4.39 Å². The van der Waals surface area contributed by atoms with Crippen LogP contribution in [-0.2, 0) is 13.0 Å². The molecule has 0 saturated heterocycles. The Labute approximate surface area is 121 Å². The molecule has 1 aliphatic rings. The summed E-state index contributed by atoms with van der Waals surface area (Å²) in [6.07, 6.45) is 5.32. The van der Waals surface area contributed by atoms with Gasteiger partial charge in [0.15, 0.2) is 0 Å².